The fraction of sp³-hybridized carbons (Fsp3) is 0.185. The molecule has 0 saturated heterocycles. The third kappa shape index (κ3) is 5.13. The van der Waals surface area contributed by atoms with Crippen molar-refractivity contribution < 1.29 is 31.8 Å². The van der Waals surface area contributed by atoms with Crippen LogP contribution in [0.3, 0.4) is 0 Å². The van der Waals surface area contributed by atoms with E-state index in [4.69, 9.17) is 4.74 Å². The summed E-state index contributed by atoms with van der Waals surface area (Å²) in [5.74, 6) is -0.843. The third-order valence-electron chi connectivity index (χ3n) is 5.79. The standard InChI is InChI=1S/C27H21F4N3O3/c1-27(2)13-17-11-20(12-22(24(17)37-27)36-25(30)31)32-26(35)34-14-21(15-3-7-18(28)8-4-15)23(33-34)16-5-9-19(29)10-6-16/h3-12,14,25H,13H2,1-2H3,(H,32,35). The van der Waals surface area contributed by atoms with Gasteiger partial charge in [-0.3, -0.25) is 0 Å². The molecule has 37 heavy (non-hydrogen) atoms. The Bertz CT molecular complexity index is 1400. The molecular weight excluding hydrogens is 490 g/mol. The van der Waals surface area contributed by atoms with Crippen molar-refractivity contribution in [2.75, 3.05) is 5.32 Å². The topological polar surface area (TPSA) is 65.4 Å². The highest BCUT2D eigenvalue weighted by Gasteiger charge is 2.34. The van der Waals surface area contributed by atoms with E-state index < -0.39 is 29.9 Å². The van der Waals surface area contributed by atoms with Crippen LogP contribution in [-0.2, 0) is 6.42 Å². The average molecular weight is 511 g/mol. The zero-order valence-corrected chi connectivity index (χ0v) is 19.8. The van der Waals surface area contributed by atoms with Crippen molar-refractivity contribution in [3.63, 3.8) is 0 Å². The molecule has 4 aromatic rings. The number of alkyl halides is 2. The van der Waals surface area contributed by atoms with Crippen LogP contribution < -0.4 is 14.8 Å². The first kappa shape index (κ1) is 24.4. The minimum absolute atomic E-state index is 0.187. The second-order valence-electron chi connectivity index (χ2n) is 9.16. The highest BCUT2D eigenvalue weighted by Crippen LogP contribution is 2.44. The number of hydrogen-bond acceptors (Lipinski definition) is 4. The number of halogens is 4. The zero-order valence-electron chi connectivity index (χ0n) is 19.8. The Kier molecular flexibility index (Phi) is 6.10. The van der Waals surface area contributed by atoms with Gasteiger partial charge in [0.25, 0.3) is 0 Å². The van der Waals surface area contributed by atoms with E-state index in [2.05, 4.69) is 15.2 Å². The summed E-state index contributed by atoms with van der Waals surface area (Å²) in [6, 6.07) is 13.4. The molecule has 0 saturated carbocycles. The van der Waals surface area contributed by atoms with Gasteiger partial charge < -0.3 is 14.8 Å². The van der Waals surface area contributed by atoms with Gasteiger partial charge in [-0.15, -0.1) is 0 Å². The van der Waals surface area contributed by atoms with E-state index >= 15 is 0 Å². The van der Waals surface area contributed by atoms with Gasteiger partial charge in [0, 0.05) is 41.1 Å². The predicted octanol–water partition coefficient (Wildman–Crippen LogP) is 6.89. The van der Waals surface area contributed by atoms with Crippen molar-refractivity contribution in [2.24, 2.45) is 0 Å². The molecule has 1 amide bonds. The minimum Gasteiger partial charge on any atom is -0.483 e. The molecule has 0 aliphatic carbocycles. The molecule has 6 nitrogen and oxygen atoms in total. The maximum absolute atomic E-state index is 13.5. The average Bonchev–Trinajstić information content (AvgIpc) is 3.40. The van der Waals surface area contributed by atoms with E-state index in [1.165, 1.54) is 60.8 Å². The Hall–Kier alpha value is -4.34. The lowest BCUT2D eigenvalue weighted by atomic mass is 10.0. The molecule has 1 aliphatic heterocycles. The number of nitrogens with zero attached hydrogens (tertiary/aromatic N) is 2. The van der Waals surface area contributed by atoms with E-state index in [1.54, 1.807) is 6.07 Å². The number of aromatic nitrogens is 2. The number of rotatable bonds is 5. The van der Waals surface area contributed by atoms with Crippen LogP contribution in [0.15, 0.2) is 66.9 Å². The summed E-state index contributed by atoms with van der Waals surface area (Å²) in [6.07, 6.45) is 1.88. The Morgan fingerprint density at radius 2 is 1.65 bits per heavy atom. The van der Waals surface area contributed by atoms with Crippen molar-refractivity contribution >= 4 is 11.7 Å². The van der Waals surface area contributed by atoms with Crippen LogP contribution in [0.1, 0.15) is 19.4 Å². The Morgan fingerprint density at radius 3 is 2.27 bits per heavy atom. The van der Waals surface area contributed by atoms with Crippen LogP contribution in [-0.4, -0.2) is 28.0 Å². The molecule has 0 radical (unpaired) electrons. The fourth-order valence-corrected chi connectivity index (χ4v) is 4.25. The van der Waals surface area contributed by atoms with Gasteiger partial charge in [0.2, 0.25) is 0 Å². The first-order valence-corrected chi connectivity index (χ1v) is 11.3. The maximum atomic E-state index is 13.5. The molecule has 0 unspecified atom stereocenters. The number of ether oxygens (including phenoxy) is 2. The number of anilines is 1. The summed E-state index contributed by atoms with van der Waals surface area (Å²) in [5, 5.41) is 7.04. The molecule has 1 aromatic heterocycles. The maximum Gasteiger partial charge on any atom is 0.387 e. The van der Waals surface area contributed by atoms with Gasteiger partial charge in [0.15, 0.2) is 11.5 Å². The molecule has 2 heterocycles. The molecule has 0 spiro atoms. The fourth-order valence-electron chi connectivity index (χ4n) is 4.25. The van der Waals surface area contributed by atoms with E-state index in [0.717, 1.165) is 4.68 Å². The molecule has 190 valence electrons. The van der Waals surface area contributed by atoms with Gasteiger partial charge in [-0.25, -0.2) is 13.6 Å². The summed E-state index contributed by atoms with van der Waals surface area (Å²) in [4.78, 5) is 13.2. The number of nitrogens with one attached hydrogen (secondary N) is 1. The van der Waals surface area contributed by atoms with Crippen molar-refractivity contribution in [1.29, 1.82) is 0 Å². The van der Waals surface area contributed by atoms with Crippen LogP contribution in [0, 0.1) is 11.6 Å². The molecule has 0 fully saturated rings. The second-order valence-corrected chi connectivity index (χ2v) is 9.16. The largest absolute Gasteiger partial charge is 0.483 e. The first-order chi connectivity index (χ1) is 17.6. The summed E-state index contributed by atoms with van der Waals surface area (Å²) in [7, 11) is 0. The number of fused-ring (bicyclic) bond motifs is 1. The number of benzene rings is 3. The van der Waals surface area contributed by atoms with Crippen molar-refractivity contribution in [2.45, 2.75) is 32.5 Å². The molecule has 1 N–H and O–H groups in total. The van der Waals surface area contributed by atoms with E-state index in [1.807, 2.05) is 13.8 Å². The summed E-state index contributed by atoms with van der Waals surface area (Å²) in [5.41, 5.74) is 2.20. The third-order valence-corrected chi connectivity index (χ3v) is 5.79. The molecule has 1 aliphatic rings. The van der Waals surface area contributed by atoms with E-state index in [9.17, 15) is 22.4 Å². The Morgan fingerprint density at radius 1 is 1.03 bits per heavy atom. The van der Waals surface area contributed by atoms with Crippen LogP contribution in [0.25, 0.3) is 22.4 Å². The lowest BCUT2D eigenvalue weighted by Crippen LogP contribution is -2.24. The molecule has 3 aromatic carbocycles. The Labute approximate surface area is 209 Å². The summed E-state index contributed by atoms with van der Waals surface area (Å²) >= 11 is 0. The predicted molar refractivity (Wildman–Crippen MR) is 129 cm³/mol. The normalized spacial score (nSPS) is 13.8. The SMILES string of the molecule is CC1(C)Cc2cc(NC(=O)n3cc(-c4ccc(F)cc4)c(-c4ccc(F)cc4)n3)cc(OC(F)F)c2O1. The Balaban J connectivity index is 1.51. The number of hydrogen-bond donors (Lipinski definition) is 1. The highest BCUT2D eigenvalue weighted by atomic mass is 19.3. The molecule has 5 rings (SSSR count). The summed E-state index contributed by atoms with van der Waals surface area (Å²) < 4.78 is 64.5. The number of carbonyl (C=O) groups is 1. The first-order valence-electron chi connectivity index (χ1n) is 11.3. The van der Waals surface area contributed by atoms with Gasteiger partial charge >= 0.3 is 12.6 Å². The van der Waals surface area contributed by atoms with Gasteiger partial charge in [0.05, 0.1) is 0 Å². The summed E-state index contributed by atoms with van der Waals surface area (Å²) in [6.45, 7) is 0.550. The lowest BCUT2D eigenvalue weighted by Gasteiger charge is -2.18. The van der Waals surface area contributed by atoms with E-state index in [0.29, 0.717) is 34.4 Å². The van der Waals surface area contributed by atoms with Crippen molar-refractivity contribution in [3.8, 4) is 33.9 Å². The van der Waals surface area contributed by atoms with Crippen LogP contribution in [0.5, 0.6) is 11.5 Å². The van der Waals surface area contributed by atoms with Crippen LogP contribution in [0.4, 0.5) is 28.0 Å². The molecular formula is C27H21F4N3O3. The zero-order chi connectivity index (χ0) is 26.3. The van der Waals surface area contributed by atoms with E-state index in [-0.39, 0.29) is 17.2 Å². The monoisotopic (exact) mass is 511 g/mol. The lowest BCUT2D eigenvalue weighted by molar-refractivity contribution is -0.0522. The van der Waals surface area contributed by atoms with Crippen LogP contribution >= 0.6 is 0 Å². The van der Waals surface area contributed by atoms with Gasteiger partial charge in [0.1, 0.15) is 22.9 Å². The van der Waals surface area contributed by atoms with Gasteiger partial charge in [-0.2, -0.15) is 18.6 Å². The molecule has 0 atom stereocenters. The smallest absolute Gasteiger partial charge is 0.387 e. The van der Waals surface area contributed by atoms with Crippen molar-refractivity contribution in [1.82, 2.24) is 9.78 Å². The number of amides is 1. The number of carbonyl (C=O) groups excluding carboxylic acids is 1. The second kappa shape index (κ2) is 9.27. The van der Waals surface area contributed by atoms with Gasteiger partial charge in [-0.1, -0.05) is 12.1 Å². The highest BCUT2D eigenvalue weighted by molar-refractivity contribution is 5.93. The van der Waals surface area contributed by atoms with Crippen LogP contribution in [0.2, 0.25) is 0 Å². The molecule has 0 bridgehead atoms. The van der Waals surface area contributed by atoms with Crippen molar-refractivity contribution in [3.05, 3.63) is 84.1 Å². The minimum atomic E-state index is -3.08. The quantitative estimate of drug-likeness (QED) is 0.297. The van der Waals surface area contributed by atoms with Gasteiger partial charge in [-0.05, 0) is 61.9 Å². The molecule has 10 heteroatoms.